The highest BCUT2D eigenvalue weighted by molar-refractivity contribution is 6.06. The zero-order valence-electron chi connectivity index (χ0n) is 25.4. The number of rotatable bonds is 7. The zero-order chi connectivity index (χ0) is 30.7. The highest BCUT2D eigenvalue weighted by Gasteiger charge is 2.40. The van der Waals surface area contributed by atoms with Gasteiger partial charge in [0.05, 0.1) is 0 Å². The molecule has 3 fully saturated rings. The Kier molecular flexibility index (Phi) is 9.36. The molecule has 0 spiro atoms. The minimum atomic E-state index is -0.691. The molecule has 0 aromatic heterocycles. The molecule has 1 saturated carbocycles. The number of carbonyl (C=O) groups is 5. The number of imide groups is 1. The normalized spacial score (nSPS) is 25.2. The van der Waals surface area contributed by atoms with Crippen molar-refractivity contribution < 1.29 is 28.7 Å². The number of piperazine rings is 1. The third-order valence-corrected chi connectivity index (χ3v) is 8.85. The summed E-state index contributed by atoms with van der Waals surface area (Å²) in [5, 5.41) is 8.32. The maximum atomic E-state index is 13.1. The van der Waals surface area contributed by atoms with Crippen LogP contribution in [0.4, 0.5) is 10.5 Å². The molecule has 234 valence electrons. The summed E-state index contributed by atoms with van der Waals surface area (Å²) in [7, 11) is 0. The fourth-order valence-electron chi connectivity index (χ4n) is 6.59. The van der Waals surface area contributed by atoms with Crippen molar-refractivity contribution >= 4 is 35.4 Å². The van der Waals surface area contributed by atoms with Gasteiger partial charge in [-0.05, 0) is 65.0 Å². The number of alkyl carbamates (subject to hydrolysis) is 1. The molecule has 12 nitrogen and oxygen atoms in total. The first kappa shape index (κ1) is 30.9. The van der Waals surface area contributed by atoms with Crippen LogP contribution in [0, 0.1) is 0 Å². The summed E-state index contributed by atoms with van der Waals surface area (Å²) >= 11 is 0. The molecule has 1 unspecified atom stereocenters. The molecular formula is C31H44N6O6. The van der Waals surface area contributed by atoms with E-state index in [-0.39, 0.29) is 42.8 Å². The number of anilines is 1. The van der Waals surface area contributed by atoms with Gasteiger partial charge in [0.25, 0.3) is 5.91 Å². The first-order valence-electron chi connectivity index (χ1n) is 15.5. The highest BCUT2D eigenvalue weighted by atomic mass is 16.6. The molecule has 2 saturated heterocycles. The number of hydrogen-bond acceptors (Lipinski definition) is 8. The van der Waals surface area contributed by atoms with Crippen LogP contribution >= 0.6 is 0 Å². The summed E-state index contributed by atoms with van der Waals surface area (Å²) in [4.78, 5) is 68.3. The van der Waals surface area contributed by atoms with Crippen molar-refractivity contribution in [2.45, 2.75) is 96.0 Å². The number of hydrogen-bond donors (Lipinski definition) is 3. The number of nitrogens with zero attached hydrogens (tertiary/aromatic N) is 3. The number of fused-ring (bicyclic) bond motifs is 1. The molecule has 5 amide bonds. The Morgan fingerprint density at radius 3 is 2.40 bits per heavy atom. The molecule has 1 atom stereocenters. The van der Waals surface area contributed by atoms with E-state index >= 15 is 0 Å². The van der Waals surface area contributed by atoms with Gasteiger partial charge in [0.2, 0.25) is 17.7 Å². The molecule has 3 aliphatic heterocycles. The van der Waals surface area contributed by atoms with Gasteiger partial charge in [-0.3, -0.25) is 29.4 Å². The fraction of sp³-hybridized carbons (Fsp3) is 0.645. The van der Waals surface area contributed by atoms with E-state index in [0.29, 0.717) is 42.2 Å². The van der Waals surface area contributed by atoms with Crippen LogP contribution in [0.1, 0.15) is 81.6 Å². The molecular weight excluding hydrogens is 552 g/mol. The van der Waals surface area contributed by atoms with Crippen molar-refractivity contribution in [3.8, 4) is 0 Å². The average Bonchev–Trinajstić information content (AvgIpc) is 3.28. The maximum Gasteiger partial charge on any atom is 0.407 e. The summed E-state index contributed by atoms with van der Waals surface area (Å²) in [5.74, 6) is -1.15. The average molecular weight is 597 g/mol. The predicted molar refractivity (Wildman–Crippen MR) is 159 cm³/mol. The fourth-order valence-corrected chi connectivity index (χ4v) is 6.59. The molecule has 3 N–H and O–H groups in total. The highest BCUT2D eigenvalue weighted by Crippen LogP contribution is 2.32. The van der Waals surface area contributed by atoms with Gasteiger partial charge >= 0.3 is 6.09 Å². The van der Waals surface area contributed by atoms with Crippen molar-refractivity contribution in [3.63, 3.8) is 0 Å². The van der Waals surface area contributed by atoms with Crippen molar-refractivity contribution in [2.75, 3.05) is 38.0 Å². The molecule has 1 aliphatic carbocycles. The predicted octanol–water partition coefficient (Wildman–Crippen LogP) is 2.23. The van der Waals surface area contributed by atoms with E-state index in [2.05, 4.69) is 25.8 Å². The third-order valence-electron chi connectivity index (χ3n) is 8.85. The first-order valence-corrected chi connectivity index (χ1v) is 15.5. The van der Waals surface area contributed by atoms with Gasteiger partial charge in [-0.15, -0.1) is 0 Å². The number of carbonyl (C=O) groups excluding carboxylic acids is 5. The minimum Gasteiger partial charge on any atom is -0.444 e. The van der Waals surface area contributed by atoms with E-state index in [1.807, 2.05) is 20.8 Å². The second-order valence-corrected chi connectivity index (χ2v) is 13.1. The van der Waals surface area contributed by atoms with Gasteiger partial charge in [0, 0.05) is 81.0 Å². The Labute approximate surface area is 252 Å². The summed E-state index contributed by atoms with van der Waals surface area (Å²) in [6.45, 7) is 10.2. The van der Waals surface area contributed by atoms with Crippen LogP contribution in [-0.4, -0.2) is 101 Å². The molecule has 43 heavy (non-hydrogen) atoms. The summed E-state index contributed by atoms with van der Waals surface area (Å²) in [6.07, 6.45) is 4.49. The Hall–Kier alpha value is -3.51. The van der Waals surface area contributed by atoms with E-state index in [1.165, 1.54) is 4.90 Å². The number of piperidine rings is 1. The lowest BCUT2D eigenvalue weighted by atomic mass is 9.90. The zero-order valence-corrected chi connectivity index (χ0v) is 25.4. The van der Waals surface area contributed by atoms with Gasteiger partial charge < -0.3 is 25.2 Å². The molecule has 1 aromatic carbocycles. The molecule has 0 bridgehead atoms. The molecule has 0 radical (unpaired) electrons. The van der Waals surface area contributed by atoms with Crippen molar-refractivity contribution in [1.82, 2.24) is 25.3 Å². The summed E-state index contributed by atoms with van der Waals surface area (Å²) < 4.78 is 5.39. The Morgan fingerprint density at radius 2 is 1.72 bits per heavy atom. The Bertz CT molecular complexity index is 1250. The molecule has 3 heterocycles. The number of nitrogens with one attached hydrogen (secondary N) is 3. The van der Waals surface area contributed by atoms with E-state index in [9.17, 15) is 24.0 Å². The largest absolute Gasteiger partial charge is 0.444 e. The summed E-state index contributed by atoms with van der Waals surface area (Å²) in [5.41, 5.74) is 1.28. The monoisotopic (exact) mass is 596 g/mol. The van der Waals surface area contributed by atoms with Crippen LogP contribution in [0.15, 0.2) is 18.2 Å². The van der Waals surface area contributed by atoms with Crippen molar-refractivity contribution in [2.24, 2.45) is 0 Å². The van der Waals surface area contributed by atoms with Crippen LogP contribution in [-0.2, 0) is 25.7 Å². The standard InChI is InChI=1S/C31H44N6O6/c1-31(2,3)43-30(42)32-20-7-9-21(10-8-20)36-17-15-35(16-18-36)14-13-27(39)33-24-6-4-5-22-23(24)19-37(29(22)41)25-11-12-26(38)34-28(25)40/h4-6,20-21,25H,7-19H2,1-3H3,(H,32,42)(H,33,39)(H,34,38,40). The van der Waals surface area contributed by atoms with Gasteiger partial charge in [-0.25, -0.2) is 4.79 Å². The van der Waals surface area contributed by atoms with Crippen LogP contribution in [0.2, 0.25) is 0 Å². The second-order valence-electron chi connectivity index (χ2n) is 13.1. The topological polar surface area (TPSA) is 140 Å². The van der Waals surface area contributed by atoms with Gasteiger partial charge in [0.15, 0.2) is 0 Å². The molecule has 4 aliphatic rings. The van der Waals surface area contributed by atoms with Crippen molar-refractivity contribution in [3.05, 3.63) is 29.3 Å². The molecule has 5 rings (SSSR count). The number of benzene rings is 1. The van der Waals surface area contributed by atoms with E-state index in [1.54, 1.807) is 18.2 Å². The van der Waals surface area contributed by atoms with Crippen LogP contribution in [0.5, 0.6) is 0 Å². The number of ether oxygens (including phenoxy) is 1. The van der Waals surface area contributed by atoms with Gasteiger partial charge in [-0.1, -0.05) is 6.07 Å². The Balaban J connectivity index is 1.04. The van der Waals surface area contributed by atoms with Gasteiger partial charge in [0.1, 0.15) is 11.6 Å². The SMILES string of the molecule is CC(C)(C)OC(=O)NC1CCC(N2CCN(CCC(=O)Nc3cccc4c3CN(C3CCC(=O)NC3=O)C4=O)CC2)CC1. The van der Waals surface area contributed by atoms with Gasteiger partial charge in [-0.2, -0.15) is 0 Å². The third kappa shape index (κ3) is 7.72. The smallest absolute Gasteiger partial charge is 0.407 e. The van der Waals surface area contributed by atoms with E-state index < -0.39 is 17.6 Å². The summed E-state index contributed by atoms with van der Waals surface area (Å²) in [6, 6.07) is 5.22. The van der Waals surface area contributed by atoms with Crippen LogP contribution in [0.3, 0.4) is 0 Å². The van der Waals surface area contributed by atoms with E-state index in [4.69, 9.17) is 4.74 Å². The lowest BCUT2D eigenvalue weighted by Crippen LogP contribution is -2.52. The maximum absolute atomic E-state index is 13.1. The molecule has 12 heteroatoms. The van der Waals surface area contributed by atoms with Crippen molar-refractivity contribution in [1.29, 1.82) is 0 Å². The minimum absolute atomic E-state index is 0.112. The Morgan fingerprint density at radius 1 is 1.00 bits per heavy atom. The number of amides is 5. The lowest BCUT2D eigenvalue weighted by Gasteiger charge is -2.42. The van der Waals surface area contributed by atoms with Crippen LogP contribution < -0.4 is 16.0 Å². The molecule has 1 aromatic rings. The second kappa shape index (κ2) is 13.0. The lowest BCUT2D eigenvalue weighted by molar-refractivity contribution is -0.137. The van der Waals surface area contributed by atoms with Crippen LogP contribution in [0.25, 0.3) is 0 Å². The van der Waals surface area contributed by atoms with E-state index in [0.717, 1.165) is 51.9 Å². The first-order chi connectivity index (χ1) is 20.5. The quantitative estimate of drug-likeness (QED) is 0.407.